The van der Waals surface area contributed by atoms with Gasteiger partial charge in [-0.2, -0.15) is 0 Å². The number of unbranched alkanes of at least 4 members (excludes halogenated alkanes) is 4. The van der Waals surface area contributed by atoms with Crippen LogP contribution < -0.4 is 0 Å². The minimum atomic E-state index is -0.499. The summed E-state index contributed by atoms with van der Waals surface area (Å²) >= 11 is 0. The fourth-order valence-corrected chi connectivity index (χ4v) is 1.77. The summed E-state index contributed by atoms with van der Waals surface area (Å²) in [6.45, 7) is 7.33. The third-order valence-corrected chi connectivity index (χ3v) is 3.01. The molecule has 3 nitrogen and oxygen atoms in total. The molecule has 0 saturated heterocycles. The van der Waals surface area contributed by atoms with E-state index >= 15 is 0 Å². The van der Waals surface area contributed by atoms with Crippen molar-refractivity contribution in [2.45, 2.75) is 57.4 Å². The van der Waals surface area contributed by atoms with Gasteiger partial charge < -0.3 is 0 Å². The molecule has 112 valence electrons. The lowest BCUT2D eigenvalue weighted by molar-refractivity contribution is -0.520. The van der Waals surface area contributed by atoms with Gasteiger partial charge in [-0.05, 0) is 38.5 Å². The van der Waals surface area contributed by atoms with Gasteiger partial charge in [-0.15, -0.1) is 13.2 Å². The Morgan fingerprint density at radius 3 is 1.65 bits per heavy atom. The normalized spacial score (nSPS) is 12.8. The minimum absolute atomic E-state index is 0.178. The van der Waals surface area contributed by atoms with Crippen molar-refractivity contribution in [3.05, 3.63) is 59.7 Å². The molecule has 0 spiro atoms. The molecule has 0 rings (SSSR count). The predicted octanol–water partition coefficient (Wildman–Crippen LogP) is 5.24. The molecule has 0 bridgehead atoms. The quantitative estimate of drug-likeness (QED) is 0.200. The van der Waals surface area contributed by atoms with Gasteiger partial charge in [-0.1, -0.05) is 36.5 Å². The summed E-state index contributed by atoms with van der Waals surface area (Å²) in [6.07, 6.45) is 18.8. The zero-order chi connectivity index (χ0) is 15.1. The van der Waals surface area contributed by atoms with Gasteiger partial charge in [0.15, 0.2) is 0 Å². The van der Waals surface area contributed by atoms with E-state index in [4.69, 9.17) is 0 Å². The van der Waals surface area contributed by atoms with Crippen LogP contribution in [0, 0.1) is 10.1 Å². The van der Waals surface area contributed by atoms with Crippen molar-refractivity contribution in [3.63, 3.8) is 0 Å². The minimum Gasteiger partial charge on any atom is -0.264 e. The molecule has 0 radical (unpaired) electrons. The molecule has 0 aliphatic rings. The Morgan fingerprint density at radius 2 is 1.30 bits per heavy atom. The summed E-state index contributed by atoms with van der Waals surface area (Å²) in [7, 11) is 0. The van der Waals surface area contributed by atoms with E-state index < -0.39 is 6.04 Å². The van der Waals surface area contributed by atoms with E-state index in [1.54, 1.807) is 0 Å². The molecule has 0 heterocycles. The van der Waals surface area contributed by atoms with Gasteiger partial charge >= 0.3 is 0 Å². The van der Waals surface area contributed by atoms with E-state index in [-0.39, 0.29) is 4.92 Å². The molecular formula is C17H27NO2. The highest BCUT2D eigenvalue weighted by Gasteiger charge is 2.15. The van der Waals surface area contributed by atoms with Crippen LogP contribution in [0.2, 0.25) is 0 Å². The number of rotatable bonds is 13. The van der Waals surface area contributed by atoms with Gasteiger partial charge in [0.1, 0.15) is 0 Å². The highest BCUT2D eigenvalue weighted by molar-refractivity contribution is 4.90. The smallest absolute Gasteiger partial charge is 0.219 e. The molecule has 0 aliphatic heterocycles. The van der Waals surface area contributed by atoms with Crippen LogP contribution in [0.1, 0.15) is 51.4 Å². The van der Waals surface area contributed by atoms with Crippen LogP contribution in [-0.4, -0.2) is 11.0 Å². The summed E-state index contributed by atoms with van der Waals surface area (Å²) in [5, 5.41) is 10.9. The zero-order valence-electron chi connectivity index (χ0n) is 12.4. The fourth-order valence-electron chi connectivity index (χ4n) is 1.77. The summed E-state index contributed by atoms with van der Waals surface area (Å²) in [4.78, 5) is 10.8. The first kappa shape index (κ1) is 18.4. The average Bonchev–Trinajstić information content (AvgIpc) is 2.43. The maximum absolute atomic E-state index is 10.9. The van der Waals surface area contributed by atoms with Gasteiger partial charge in [0.25, 0.3) is 0 Å². The highest BCUT2D eigenvalue weighted by atomic mass is 16.6. The maximum atomic E-state index is 10.9. The van der Waals surface area contributed by atoms with Crippen molar-refractivity contribution in [1.29, 1.82) is 0 Å². The number of nitrogens with zero attached hydrogens (tertiary/aromatic N) is 1. The second-order valence-corrected chi connectivity index (χ2v) is 4.79. The van der Waals surface area contributed by atoms with E-state index in [1.807, 2.05) is 36.5 Å². The van der Waals surface area contributed by atoms with E-state index in [0.29, 0.717) is 12.8 Å². The van der Waals surface area contributed by atoms with Crippen molar-refractivity contribution in [2.24, 2.45) is 0 Å². The Balaban J connectivity index is 3.89. The lowest BCUT2D eigenvalue weighted by Gasteiger charge is -2.03. The van der Waals surface area contributed by atoms with Crippen molar-refractivity contribution >= 4 is 0 Å². The first-order valence-corrected chi connectivity index (χ1v) is 7.37. The Morgan fingerprint density at radius 1 is 0.850 bits per heavy atom. The molecule has 0 aromatic carbocycles. The summed E-state index contributed by atoms with van der Waals surface area (Å²) in [5.41, 5.74) is 0. The summed E-state index contributed by atoms with van der Waals surface area (Å²) in [6, 6.07) is -0.499. The lowest BCUT2D eigenvalue weighted by Crippen LogP contribution is -2.17. The van der Waals surface area contributed by atoms with Crippen LogP contribution in [0.5, 0.6) is 0 Å². The van der Waals surface area contributed by atoms with Crippen molar-refractivity contribution in [3.8, 4) is 0 Å². The molecule has 0 fully saturated rings. The van der Waals surface area contributed by atoms with E-state index in [1.165, 1.54) is 0 Å². The molecule has 0 N–H and O–H groups in total. The summed E-state index contributed by atoms with van der Waals surface area (Å²) < 4.78 is 0. The Bertz CT molecular complexity index is 306. The third-order valence-electron chi connectivity index (χ3n) is 3.01. The van der Waals surface area contributed by atoms with Gasteiger partial charge in [-0.25, -0.2) is 0 Å². The van der Waals surface area contributed by atoms with Gasteiger partial charge in [0.05, 0.1) is 0 Å². The number of nitro groups is 1. The first-order valence-electron chi connectivity index (χ1n) is 7.37. The molecule has 0 aromatic heterocycles. The molecule has 0 unspecified atom stereocenters. The molecule has 0 saturated carbocycles. The van der Waals surface area contributed by atoms with E-state index in [9.17, 15) is 10.1 Å². The van der Waals surface area contributed by atoms with Gasteiger partial charge in [0, 0.05) is 17.8 Å². The third kappa shape index (κ3) is 11.5. The topological polar surface area (TPSA) is 43.1 Å². The Kier molecular flexibility index (Phi) is 12.7. The van der Waals surface area contributed by atoms with Crippen LogP contribution in [0.3, 0.4) is 0 Å². The van der Waals surface area contributed by atoms with Crippen LogP contribution in [0.25, 0.3) is 0 Å². The van der Waals surface area contributed by atoms with E-state index in [0.717, 1.165) is 38.5 Å². The SMILES string of the molecule is C=CCCCC=CCC(CC=CCCCC=C)[N+](=O)[O-]. The van der Waals surface area contributed by atoms with Crippen molar-refractivity contribution in [2.75, 3.05) is 0 Å². The molecular weight excluding hydrogens is 250 g/mol. The lowest BCUT2D eigenvalue weighted by atomic mass is 10.1. The maximum Gasteiger partial charge on any atom is 0.219 e. The largest absolute Gasteiger partial charge is 0.264 e. The molecule has 0 atom stereocenters. The Hall–Kier alpha value is -1.64. The highest BCUT2D eigenvalue weighted by Crippen LogP contribution is 2.08. The van der Waals surface area contributed by atoms with Crippen LogP contribution in [0.4, 0.5) is 0 Å². The van der Waals surface area contributed by atoms with Crippen LogP contribution in [-0.2, 0) is 0 Å². The number of hydrogen-bond acceptors (Lipinski definition) is 2. The Labute approximate surface area is 122 Å². The van der Waals surface area contributed by atoms with Crippen LogP contribution in [0.15, 0.2) is 49.6 Å². The average molecular weight is 277 g/mol. The zero-order valence-corrected chi connectivity index (χ0v) is 12.4. The van der Waals surface area contributed by atoms with Gasteiger partial charge in [0.2, 0.25) is 6.04 Å². The van der Waals surface area contributed by atoms with Crippen LogP contribution >= 0.6 is 0 Å². The standard InChI is InChI=1S/C17H27NO2/c1-3-5-7-9-11-13-15-17(18(19)20)16-14-12-10-8-6-4-2/h3-4,11-14,17H,1-2,5-10,15-16H2. The van der Waals surface area contributed by atoms with E-state index in [2.05, 4.69) is 13.2 Å². The monoisotopic (exact) mass is 277 g/mol. The number of hydrogen-bond donors (Lipinski definition) is 0. The predicted molar refractivity (Wildman–Crippen MR) is 86.4 cm³/mol. The first-order chi connectivity index (χ1) is 9.72. The second-order valence-electron chi connectivity index (χ2n) is 4.79. The van der Waals surface area contributed by atoms with Gasteiger partial charge in [-0.3, -0.25) is 10.1 Å². The molecule has 0 amide bonds. The molecule has 20 heavy (non-hydrogen) atoms. The fraction of sp³-hybridized carbons (Fsp3) is 0.529. The molecule has 3 heteroatoms. The van der Waals surface area contributed by atoms with Crippen molar-refractivity contribution in [1.82, 2.24) is 0 Å². The second kappa shape index (κ2) is 13.8. The molecule has 0 aliphatic carbocycles. The molecule has 0 aromatic rings. The summed E-state index contributed by atoms with van der Waals surface area (Å²) in [5.74, 6) is 0. The van der Waals surface area contributed by atoms with Crippen molar-refractivity contribution < 1.29 is 4.92 Å². The number of allylic oxidation sites excluding steroid dienone is 4.